The van der Waals surface area contributed by atoms with Crippen molar-refractivity contribution in [3.05, 3.63) is 29.8 Å². The van der Waals surface area contributed by atoms with Crippen molar-refractivity contribution in [3.8, 4) is 0 Å². The molecule has 2 atom stereocenters. The maximum Gasteiger partial charge on any atom is 0.307 e. The lowest BCUT2D eigenvalue weighted by Gasteiger charge is -2.15. The van der Waals surface area contributed by atoms with E-state index in [-0.39, 0.29) is 55.1 Å². The zero-order valence-corrected chi connectivity index (χ0v) is 14.8. The molecule has 0 bridgehead atoms. The molecule has 1 aromatic rings. The van der Waals surface area contributed by atoms with E-state index in [1.54, 1.807) is 38.1 Å². The Morgan fingerprint density at radius 1 is 1.17 bits per heavy atom. The highest BCUT2D eigenvalue weighted by molar-refractivity contribution is 5.96. The van der Waals surface area contributed by atoms with Crippen molar-refractivity contribution in [3.63, 3.8) is 0 Å². The van der Waals surface area contributed by atoms with Gasteiger partial charge in [0.2, 0.25) is 5.91 Å². The summed E-state index contributed by atoms with van der Waals surface area (Å²) >= 11 is 0. The predicted molar refractivity (Wildman–Crippen MR) is 94.1 cm³/mol. The Morgan fingerprint density at radius 3 is 2.25 bits per heavy atom. The molecule has 2 unspecified atom stereocenters. The van der Waals surface area contributed by atoms with Crippen LogP contribution in [0.5, 0.6) is 0 Å². The number of hydrogen-bond acceptors (Lipinski definition) is 5. The van der Waals surface area contributed by atoms with Gasteiger partial charge in [0.15, 0.2) is 0 Å². The van der Waals surface area contributed by atoms with Crippen LogP contribution < -0.4 is 16.4 Å². The second-order valence-electron chi connectivity index (χ2n) is 5.30. The van der Waals surface area contributed by atoms with Crippen LogP contribution in [-0.2, 0) is 14.3 Å². The fraction of sp³-hybridized carbons (Fsp3) is 0.438. The largest absolute Gasteiger partial charge is 0.469 e. The van der Waals surface area contributed by atoms with Crippen molar-refractivity contribution in [1.29, 1.82) is 0 Å². The summed E-state index contributed by atoms with van der Waals surface area (Å²) < 4.78 is 4.49. The summed E-state index contributed by atoms with van der Waals surface area (Å²) in [4.78, 5) is 34.7. The molecule has 0 spiro atoms. The third-order valence-electron chi connectivity index (χ3n) is 3.46. The first kappa shape index (κ1) is 21.9. The lowest BCUT2D eigenvalue weighted by molar-refractivity contribution is -0.140. The van der Waals surface area contributed by atoms with Gasteiger partial charge in [-0.15, -0.1) is 12.4 Å². The van der Waals surface area contributed by atoms with Gasteiger partial charge in [0.25, 0.3) is 5.91 Å². The van der Waals surface area contributed by atoms with Gasteiger partial charge in [-0.05, 0) is 31.2 Å². The fourth-order valence-electron chi connectivity index (χ4n) is 1.68. The molecule has 134 valence electrons. The Hall–Kier alpha value is -2.12. The van der Waals surface area contributed by atoms with E-state index in [2.05, 4.69) is 15.4 Å². The first-order chi connectivity index (χ1) is 10.8. The van der Waals surface area contributed by atoms with Crippen molar-refractivity contribution < 1.29 is 19.1 Å². The first-order valence-corrected chi connectivity index (χ1v) is 7.36. The average Bonchev–Trinajstić information content (AvgIpc) is 2.54. The molecule has 0 aliphatic carbocycles. The summed E-state index contributed by atoms with van der Waals surface area (Å²) in [7, 11) is 1.30. The van der Waals surface area contributed by atoms with E-state index in [0.29, 0.717) is 11.3 Å². The van der Waals surface area contributed by atoms with Crippen LogP contribution in [-0.4, -0.2) is 37.5 Å². The van der Waals surface area contributed by atoms with E-state index in [9.17, 15) is 14.4 Å². The Balaban J connectivity index is 0.00000529. The number of esters is 1. The van der Waals surface area contributed by atoms with Crippen LogP contribution in [0.2, 0.25) is 0 Å². The molecule has 0 saturated carbocycles. The second-order valence-corrected chi connectivity index (χ2v) is 5.30. The molecule has 1 aromatic carbocycles. The number of carbonyl (C=O) groups excluding carboxylic acids is 3. The standard InChI is InChI=1S/C16H23N3O4.ClH/c1-10(11(2)17)15(21)19-13-6-4-12(5-7-13)16(22)18-9-8-14(20)23-3;/h4-7,10-11H,8-9,17H2,1-3H3,(H,18,22)(H,19,21);1H. The third kappa shape index (κ3) is 6.97. The Kier molecular flexibility index (Phi) is 9.68. The van der Waals surface area contributed by atoms with Crippen LogP contribution in [0.3, 0.4) is 0 Å². The number of ether oxygens (including phenoxy) is 1. The van der Waals surface area contributed by atoms with Gasteiger partial charge in [0.1, 0.15) is 0 Å². The van der Waals surface area contributed by atoms with E-state index in [4.69, 9.17) is 5.73 Å². The van der Waals surface area contributed by atoms with Gasteiger partial charge >= 0.3 is 5.97 Å². The fourth-order valence-corrected chi connectivity index (χ4v) is 1.68. The molecular formula is C16H24ClN3O4. The van der Waals surface area contributed by atoms with Crippen LogP contribution in [0, 0.1) is 5.92 Å². The van der Waals surface area contributed by atoms with E-state index in [1.165, 1.54) is 7.11 Å². The zero-order chi connectivity index (χ0) is 17.4. The SMILES string of the molecule is COC(=O)CCNC(=O)c1ccc(NC(=O)C(C)C(C)N)cc1.Cl. The predicted octanol–water partition coefficient (Wildman–Crippen LogP) is 1.32. The number of anilines is 1. The molecule has 0 fully saturated rings. The van der Waals surface area contributed by atoms with Gasteiger partial charge in [0, 0.05) is 23.8 Å². The van der Waals surface area contributed by atoms with Gasteiger partial charge in [-0.1, -0.05) is 6.92 Å². The van der Waals surface area contributed by atoms with Crippen molar-refractivity contribution in [2.75, 3.05) is 19.0 Å². The number of nitrogens with one attached hydrogen (secondary N) is 2. The third-order valence-corrected chi connectivity index (χ3v) is 3.46. The quantitative estimate of drug-likeness (QED) is 0.637. The van der Waals surface area contributed by atoms with E-state index >= 15 is 0 Å². The van der Waals surface area contributed by atoms with Crippen LogP contribution in [0.25, 0.3) is 0 Å². The minimum absolute atomic E-state index is 0. The number of nitrogens with two attached hydrogens (primary N) is 1. The number of benzene rings is 1. The van der Waals surface area contributed by atoms with Crippen LogP contribution in [0.1, 0.15) is 30.6 Å². The van der Waals surface area contributed by atoms with Crippen molar-refractivity contribution in [1.82, 2.24) is 5.32 Å². The van der Waals surface area contributed by atoms with Gasteiger partial charge in [-0.2, -0.15) is 0 Å². The Morgan fingerprint density at radius 2 is 1.75 bits per heavy atom. The molecule has 0 aromatic heterocycles. The lowest BCUT2D eigenvalue weighted by atomic mass is 10.0. The van der Waals surface area contributed by atoms with Gasteiger partial charge in [-0.25, -0.2) is 0 Å². The van der Waals surface area contributed by atoms with Crippen LogP contribution >= 0.6 is 12.4 Å². The summed E-state index contributed by atoms with van der Waals surface area (Å²) in [5.74, 6) is -1.16. The van der Waals surface area contributed by atoms with Gasteiger partial charge in [0.05, 0.1) is 19.4 Å². The molecule has 24 heavy (non-hydrogen) atoms. The Bertz CT molecular complexity index is 561. The maximum absolute atomic E-state index is 11.9. The molecule has 0 aliphatic heterocycles. The smallest absolute Gasteiger partial charge is 0.307 e. The molecule has 0 radical (unpaired) electrons. The molecule has 7 nitrogen and oxygen atoms in total. The van der Waals surface area contributed by atoms with Crippen LogP contribution in [0.15, 0.2) is 24.3 Å². The lowest BCUT2D eigenvalue weighted by Crippen LogP contribution is -2.34. The molecule has 0 heterocycles. The normalized spacial score (nSPS) is 12.3. The van der Waals surface area contributed by atoms with Gasteiger partial charge < -0.3 is 21.1 Å². The van der Waals surface area contributed by atoms with Crippen molar-refractivity contribution >= 4 is 35.9 Å². The average molecular weight is 358 g/mol. The summed E-state index contributed by atoms with van der Waals surface area (Å²) in [5, 5.41) is 5.36. The highest BCUT2D eigenvalue weighted by atomic mass is 35.5. The second kappa shape index (κ2) is 10.6. The van der Waals surface area contributed by atoms with E-state index in [1.807, 2.05) is 0 Å². The van der Waals surface area contributed by atoms with Gasteiger partial charge in [-0.3, -0.25) is 14.4 Å². The number of methoxy groups -OCH3 is 1. The minimum Gasteiger partial charge on any atom is -0.469 e. The molecule has 0 saturated heterocycles. The minimum atomic E-state index is -0.383. The molecule has 8 heteroatoms. The summed E-state index contributed by atoms with van der Waals surface area (Å²) in [6.07, 6.45) is 0.117. The Labute approximate surface area is 147 Å². The monoisotopic (exact) mass is 357 g/mol. The number of amides is 2. The topological polar surface area (TPSA) is 111 Å². The van der Waals surface area contributed by atoms with Crippen molar-refractivity contribution in [2.45, 2.75) is 26.3 Å². The first-order valence-electron chi connectivity index (χ1n) is 7.36. The number of carbonyl (C=O) groups is 3. The molecule has 2 amide bonds. The molecule has 0 aliphatic rings. The summed E-state index contributed by atoms with van der Waals surface area (Å²) in [6, 6.07) is 6.23. The molecule has 4 N–H and O–H groups in total. The van der Waals surface area contributed by atoms with E-state index in [0.717, 1.165) is 0 Å². The number of rotatable bonds is 7. The summed E-state index contributed by atoms with van der Waals surface area (Å²) in [6.45, 7) is 3.73. The maximum atomic E-state index is 11.9. The summed E-state index contributed by atoms with van der Waals surface area (Å²) in [5.41, 5.74) is 6.71. The van der Waals surface area contributed by atoms with E-state index < -0.39 is 0 Å². The van der Waals surface area contributed by atoms with Crippen LogP contribution in [0.4, 0.5) is 5.69 Å². The molecular weight excluding hydrogens is 334 g/mol. The highest BCUT2D eigenvalue weighted by Gasteiger charge is 2.17. The number of hydrogen-bond donors (Lipinski definition) is 3. The number of halogens is 1. The highest BCUT2D eigenvalue weighted by Crippen LogP contribution is 2.12. The molecule has 1 rings (SSSR count). The zero-order valence-electron chi connectivity index (χ0n) is 14.0. The van der Waals surface area contributed by atoms with Crippen molar-refractivity contribution in [2.24, 2.45) is 11.7 Å².